The maximum atomic E-state index is 11.3. The van der Waals surface area contributed by atoms with Crippen molar-refractivity contribution in [2.75, 3.05) is 53.3 Å². The lowest BCUT2D eigenvalue weighted by molar-refractivity contribution is -0.144. The van der Waals surface area contributed by atoms with Crippen LogP contribution in [0.1, 0.15) is 20.8 Å². The van der Waals surface area contributed by atoms with E-state index in [1.807, 2.05) is 20.8 Å². The fourth-order valence-electron chi connectivity index (χ4n) is 1.07. The molecule has 6 nitrogen and oxygen atoms in total. The van der Waals surface area contributed by atoms with Crippen LogP contribution in [-0.2, 0) is 23.7 Å². The average molecular weight is 277 g/mol. The van der Waals surface area contributed by atoms with E-state index in [1.54, 1.807) is 7.11 Å². The Morgan fingerprint density at radius 3 is 2.00 bits per heavy atom. The highest BCUT2D eigenvalue weighted by Crippen LogP contribution is 1.97. The molecule has 0 spiro atoms. The minimum Gasteiger partial charge on any atom is -0.462 e. The molecule has 0 amide bonds. The molecule has 0 unspecified atom stereocenters. The number of ether oxygens (including phenoxy) is 4. The summed E-state index contributed by atoms with van der Waals surface area (Å²) in [6, 6.07) is 0. The van der Waals surface area contributed by atoms with Gasteiger partial charge in [0.05, 0.1) is 39.6 Å². The van der Waals surface area contributed by atoms with Crippen molar-refractivity contribution in [3.05, 3.63) is 0 Å². The molecule has 0 aromatic heterocycles. The summed E-state index contributed by atoms with van der Waals surface area (Å²) >= 11 is 0. The largest absolute Gasteiger partial charge is 0.462 e. The number of nitrogens with one attached hydrogen (secondary N) is 1. The number of carbonyl (C=O) groups is 1. The standard InChI is InChI=1S/C13H27NO5/c1-13(2,3)14-11-12(15)19-10-9-18-8-7-17-6-5-16-4/h14H,5-11H2,1-4H3. The van der Waals surface area contributed by atoms with Crippen LogP contribution in [0.25, 0.3) is 0 Å². The molecule has 0 rings (SSSR count). The van der Waals surface area contributed by atoms with E-state index in [2.05, 4.69) is 5.32 Å². The van der Waals surface area contributed by atoms with E-state index in [0.717, 1.165) is 0 Å². The van der Waals surface area contributed by atoms with Crippen LogP contribution in [-0.4, -0.2) is 64.8 Å². The van der Waals surface area contributed by atoms with E-state index in [4.69, 9.17) is 18.9 Å². The molecule has 1 N–H and O–H groups in total. The number of carbonyl (C=O) groups excluding carboxylic acids is 1. The van der Waals surface area contributed by atoms with Crippen molar-refractivity contribution in [1.82, 2.24) is 5.32 Å². The number of rotatable bonds is 11. The van der Waals surface area contributed by atoms with Gasteiger partial charge in [0, 0.05) is 12.6 Å². The fraction of sp³-hybridized carbons (Fsp3) is 0.923. The summed E-state index contributed by atoms with van der Waals surface area (Å²) in [7, 11) is 1.63. The molecule has 0 saturated carbocycles. The molecule has 0 fully saturated rings. The van der Waals surface area contributed by atoms with Crippen molar-refractivity contribution in [3.8, 4) is 0 Å². The van der Waals surface area contributed by atoms with E-state index < -0.39 is 0 Å². The Morgan fingerprint density at radius 2 is 1.47 bits per heavy atom. The van der Waals surface area contributed by atoms with Crippen LogP contribution in [0.5, 0.6) is 0 Å². The molecule has 6 heteroatoms. The van der Waals surface area contributed by atoms with Crippen molar-refractivity contribution < 1.29 is 23.7 Å². The fourth-order valence-corrected chi connectivity index (χ4v) is 1.07. The normalized spacial score (nSPS) is 11.6. The predicted octanol–water partition coefficient (Wildman–Crippen LogP) is 0.597. The third-order valence-corrected chi connectivity index (χ3v) is 2.06. The van der Waals surface area contributed by atoms with Crippen LogP contribution in [0.4, 0.5) is 0 Å². The molecule has 0 saturated heterocycles. The smallest absolute Gasteiger partial charge is 0.320 e. The van der Waals surface area contributed by atoms with Crippen LogP contribution in [0, 0.1) is 0 Å². The second-order valence-electron chi connectivity index (χ2n) is 5.04. The van der Waals surface area contributed by atoms with Gasteiger partial charge in [0.2, 0.25) is 0 Å². The topological polar surface area (TPSA) is 66.0 Å². The van der Waals surface area contributed by atoms with Crippen molar-refractivity contribution in [2.45, 2.75) is 26.3 Å². The van der Waals surface area contributed by atoms with Crippen molar-refractivity contribution in [1.29, 1.82) is 0 Å². The Morgan fingerprint density at radius 1 is 0.947 bits per heavy atom. The highest BCUT2D eigenvalue weighted by Gasteiger charge is 2.11. The lowest BCUT2D eigenvalue weighted by Gasteiger charge is -2.19. The van der Waals surface area contributed by atoms with Crippen LogP contribution in [0.2, 0.25) is 0 Å². The molecule has 0 heterocycles. The first-order chi connectivity index (χ1) is 8.95. The summed E-state index contributed by atoms with van der Waals surface area (Å²) in [5.41, 5.74) is -0.0882. The molecule has 0 aromatic rings. The average Bonchev–Trinajstić information content (AvgIpc) is 2.33. The maximum absolute atomic E-state index is 11.3. The molecule has 0 aliphatic rings. The van der Waals surface area contributed by atoms with E-state index >= 15 is 0 Å². The van der Waals surface area contributed by atoms with Gasteiger partial charge in [-0.1, -0.05) is 0 Å². The van der Waals surface area contributed by atoms with Gasteiger partial charge in [-0.2, -0.15) is 0 Å². The van der Waals surface area contributed by atoms with Gasteiger partial charge in [0.1, 0.15) is 6.61 Å². The van der Waals surface area contributed by atoms with E-state index in [9.17, 15) is 4.79 Å². The van der Waals surface area contributed by atoms with Crippen molar-refractivity contribution in [2.24, 2.45) is 0 Å². The van der Waals surface area contributed by atoms with Gasteiger partial charge in [0.25, 0.3) is 0 Å². The summed E-state index contributed by atoms with van der Waals surface area (Å²) in [5.74, 6) is -0.269. The van der Waals surface area contributed by atoms with Gasteiger partial charge < -0.3 is 24.3 Å². The van der Waals surface area contributed by atoms with Gasteiger partial charge in [0.15, 0.2) is 0 Å². The summed E-state index contributed by atoms with van der Waals surface area (Å²) in [6.45, 7) is 8.99. The third-order valence-electron chi connectivity index (χ3n) is 2.06. The molecule has 0 bridgehead atoms. The second kappa shape index (κ2) is 11.2. The summed E-state index contributed by atoms with van der Waals surface area (Å²) in [5, 5.41) is 3.06. The molecule has 0 aromatic carbocycles. The second-order valence-corrected chi connectivity index (χ2v) is 5.04. The molecule has 0 aliphatic heterocycles. The number of esters is 1. The van der Waals surface area contributed by atoms with Crippen LogP contribution >= 0.6 is 0 Å². The minimum atomic E-state index is -0.269. The molecular formula is C13H27NO5. The third kappa shape index (κ3) is 15.3. The summed E-state index contributed by atoms with van der Waals surface area (Å²) < 4.78 is 20.3. The number of hydrogen-bond acceptors (Lipinski definition) is 6. The molecular weight excluding hydrogens is 250 g/mol. The zero-order valence-corrected chi connectivity index (χ0v) is 12.5. The lowest BCUT2D eigenvalue weighted by atomic mass is 10.1. The Kier molecular flexibility index (Phi) is 10.8. The summed E-state index contributed by atoms with van der Waals surface area (Å²) in [6.07, 6.45) is 0. The van der Waals surface area contributed by atoms with E-state index in [-0.39, 0.29) is 24.7 Å². The SMILES string of the molecule is COCCOCCOCCOC(=O)CNC(C)(C)C. The monoisotopic (exact) mass is 277 g/mol. The van der Waals surface area contributed by atoms with Crippen LogP contribution in [0.3, 0.4) is 0 Å². The maximum Gasteiger partial charge on any atom is 0.320 e. The lowest BCUT2D eigenvalue weighted by Crippen LogP contribution is -2.40. The quantitative estimate of drug-likeness (QED) is 0.440. The van der Waals surface area contributed by atoms with Crippen LogP contribution in [0.15, 0.2) is 0 Å². The molecule has 0 radical (unpaired) electrons. The first-order valence-corrected chi connectivity index (χ1v) is 6.51. The zero-order valence-electron chi connectivity index (χ0n) is 12.5. The van der Waals surface area contributed by atoms with Gasteiger partial charge in [-0.25, -0.2) is 0 Å². The zero-order chi connectivity index (χ0) is 14.6. The minimum absolute atomic E-state index is 0.0882. The highest BCUT2D eigenvalue weighted by molar-refractivity contribution is 5.71. The van der Waals surface area contributed by atoms with E-state index in [0.29, 0.717) is 33.0 Å². The Balaban J connectivity index is 3.23. The Labute approximate surface area is 115 Å². The first-order valence-electron chi connectivity index (χ1n) is 6.51. The number of hydrogen-bond donors (Lipinski definition) is 1. The van der Waals surface area contributed by atoms with Gasteiger partial charge in [-0.3, -0.25) is 4.79 Å². The molecule has 114 valence electrons. The highest BCUT2D eigenvalue weighted by atomic mass is 16.6. The number of methoxy groups -OCH3 is 1. The first kappa shape index (κ1) is 18.3. The predicted molar refractivity (Wildman–Crippen MR) is 72.2 cm³/mol. The van der Waals surface area contributed by atoms with Gasteiger partial charge >= 0.3 is 5.97 Å². The molecule has 0 atom stereocenters. The Bertz CT molecular complexity index is 228. The van der Waals surface area contributed by atoms with E-state index in [1.165, 1.54) is 0 Å². The molecule has 19 heavy (non-hydrogen) atoms. The van der Waals surface area contributed by atoms with Gasteiger partial charge in [-0.15, -0.1) is 0 Å². The van der Waals surface area contributed by atoms with Crippen molar-refractivity contribution >= 4 is 5.97 Å². The summed E-state index contributed by atoms with van der Waals surface area (Å²) in [4.78, 5) is 11.3. The molecule has 0 aliphatic carbocycles. The van der Waals surface area contributed by atoms with Crippen molar-refractivity contribution in [3.63, 3.8) is 0 Å². The van der Waals surface area contributed by atoms with Gasteiger partial charge in [-0.05, 0) is 20.8 Å². The van der Waals surface area contributed by atoms with Crippen LogP contribution < -0.4 is 5.32 Å². The Hall–Kier alpha value is -0.690.